The Hall–Kier alpha value is -2.37. The first-order valence-corrected chi connectivity index (χ1v) is 9.43. The summed E-state index contributed by atoms with van der Waals surface area (Å²) in [5.41, 5.74) is 2.13. The van der Waals surface area contributed by atoms with Gasteiger partial charge in [0.05, 0.1) is 0 Å². The fourth-order valence-electron chi connectivity index (χ4n) is 2.65. The summed E-state index contributed by atoms with van der Waals surface area (Å²) in [6, 6.07) is 29.5. The predicted molar refractivity (Wildman–Crippen MR) is 99.9 cm³/mol. The molecule has 1 nitrogen and oxygen atoms in total. The van der Waals surface area contributed by atoms with Gasteiger partial charge in [-0.2, -0.15) is 0 Å². The zero-order valence-corrected chi connectivity index (χ0v) is 14.0. The molecule has 0 heterocycles. The summed E-state index contributed by atoms with van der Waals surface area (Å²) < 4.78 is 13.9. The third-order valence-corrected chi connectivity index (χ3v) is 6.77. The average molecular weight is 318 g/mol. The lowest BCUT2D eigenvalue weighted by atomic mass is 10.1. The maximum absolute atomic E-state index is 13.9. The maximum atomic E-state index is 13.9. The summed E-state index contributed by atoms with van der Waals surface area (Å²) in [6.45, 7) is 2.02. The Balaban J connectivity index is 2.16. The molecule has 3 aromatic carbocycles. The Morgan fingerprint density at radius 1 is 0.696 bits per heavy atom. The molecule has 0 saturated carbocycles. The normalized spacial score (nSPS) is 12.1. The first-order valence-electron chi connectivity index (χ1n) is 7.66. The van der Waals surface area contributed by atoms with E-state index >= 15 is 0 Å². The van der Waals surface area contributed by atoms with E-state index in [9.17, 15) is 4.57 Å². The van der Waals surface area contributed by atoms with Gasteiger partial charge in [0.15, 0.2) is 7.14 Å². The minimum Gasteiger partial charge on any atom is -0.309 e. The van der Waals surface area contributed by atoms with Crippen LogP contribution in [0.2, 0.25) is 0 Å². The van der Waals surface area contributed by atoms with Crippen molar-refractivity contribution in [2.75, 3.05) is 0 Å². The maximum Gasteiger partial charge on any atom is 0.164 e. The molecule has 0 amide bonds. The van der Waals surface area contributed by atoms with Crippen molar-refractivity contribution in [2.45, 2.75) is 6.92 Å². The largest absolute Gasteiger partial charge is 0.309 e. The molecular weight excluding hydrogens is 299 g/mol. The molecule has 3 rings (SSSR count). The molecule has 0 spiro atoms. The van der Waals surface area contributed by atoms with E-state index in [4.69, 9.17) is 0 Å². The summed E-state index contributed by atoms with van der Waals surface area (Å²) in [7, 11) is -2.81. The van der Waals surface area contributed by atoms with Crippen LogP contribution < -0.4 is 10.6 Å². The van der Waals surface area contributed by atoms with Crippen LogP contribution in [0.25, 0.3) is 5.57 Å². The van der Waals surface area contributed by atoms with Gasteiger partial charge in [-0.1, -0.05) is 91.0 Å². The van der Waals surface area contributed by atoms with Crippen LogP contribution in [-0.2, 0) is 4.57 Å². The number of rotatable bonds is 4. The van der Waals surface area contributed by atoms with E-state index in [1.54, 1.807) is 0 Å². The van der Waals surface area contributed by atoms with E-state index in [0.717, 1.165) is 21.7 Å². The average Bonchev–Trinajstić information content (AvgIpc) is 2.64. The monoisotopic (exact) mass is 318 g/mol. The summed E-state index contributed by atoms with van der Waals surface area (Å²) in [5, 5.41) is 1.72. The Morgan fingerprint density at radius 3 is 1.52 bits per heavy atom. The Bertz CT molecular complexity index is 793. The highest BCUT2D eigenvalue weighted by molar-refractivity contribution is 7.81. The predicted octanol–water partition coefficient (Wildman–Crippen LogP) is 5.06. The minimum absolute atomic E-state index is 0.862. The number of benzene rings is 3. The molecule has 114 valence electrons. The van der Waals surface area contributed by atoms with Crippen molar-refractivity contribution in [3.05, 3.63) is 102 Å². The van der Waals surface area contributed by atoms with Gasteiger partial charge < -0.3 is 4.57 Å². The lowest BCUT2D eigenvalue weighted by molar-refractivity contribution is 0.592. The van der Waals surface area contributed by atoms with Crippen LogP contribution in [0, 0.1) is 0 Å². The highest BCUT2D eigenvalue weighted by Gasteiger charge is 2.24. The third kappa shape index (κ3) is 3.36. The lowest BCUT2D eigenvalue weighted by Gasteiger charge is -2.17. The molecule has 0 unspecified atom stereocenters. The van der Waals surface area contributed by atoms with Crippen molar-refractivity contribution < 1.29 is 4.57 Å². The minimum atomic E-state index is -2.81. The highest BCUT2D eigenvalue weighted by Crippen LogP contribution is 2.47. The van der Waals surface area contributed by atoms with Gasteiger partial charge in [0.1, 0.15) is 0 Å². The zero-order valence-electron chi connectivity index (χ0n) is 13.1. The fourth-order valence-corrected chi connectivity index (χ4v) is 5.17. The molecule has 0 fully saturated rings. The van der Waals surface area contributed by atoms with E-state index in [-0.39, 0.29) is 0 Å². The van der Waals surface area contributed by atoms with Crippen molar-refractivity contribution in [3.8, 4) is 0 Å². The van der Waals surface area contributed by atoms with Gasteiger partial charge >= 0.3 is 0 Å². The van der Waals surface area contributed by atoms with Crippen molar-refractivity contribution in [2.24, 2.45) is 0 Å². The van der Waals surface area contributed by atoms with Crippen LogP contribution >= 0.6 is 7.14 Å². The Labute approximate surface area is 137 Å². The summed E-state index contributed by atoms with van der Waals surface area (Å²) in [6.07, 6.45) is 0. The molecule has 2 heteroatoms. The Morgan fingerprint density at radius 2 is 1.09 bits per heavy atom. The first-order chi connectivity index (χ1) is 11.2. The molecule has 0 aliphatic carbocycles. The molecular formula is C21H19OP. The van der Waals surface area contributed by atoms with E-state index in [0.29, 0.717) is 0 Å². The molecule has 0 aromatic heterocycles. The van der Waals surface area contributed by atoms with E-state index in [2.05, 4.69) is 0 Å². The smallest absolute Gasteiger partial charge is 0.164 e. The number of allylic oxidation sites excluding steroid dienone is 1. The molecule has 0 N–H and O–H groups in total. The van der Waals surface area contributed by atoms with Gasteiger partial charge in [-0.15, -0.1) is 0 Å². The molecule has 0 bridgehead atoms. The van der Waals surface area contributed by atoms with Crippen LogP contribution in [0.15, 0.2) is 96.8 Å². The van der Waals surface area contributed by atoms with Gasteiger partial charge in [-0.05, 0) is 23.9 Å². The van der Waals surface area contributed by atoms with Crippen LogP contribution in [-0.4, -0.2) is 0 Å². The van der Waals surface area contributed by atoms with Crippen molar-refractivity contribution >= 4 is 23.3 Å². The van der Waals surface area contributed by atoms with Crippen molar-refractivity contribution in [3.63, 3.8) is 0 Å². The van der Waals surface area contributed by atoms with Crippen LogP contribution in [0.5, 0.6) is 0 Å². The summed E-state index contributed by atoms with van der Waals surface area (Å²) in [5.74, 6) is 1.94. The molecule has 0 aliphatic heterocycles. The lowest BCUT2D eigenvalue weighted by Crippen LogP contribution is -2.14. The van der Waals surface area contributed by atoms with Crippen LogP contribution in [0.3, 0.4) is 0 Å². The molecule has 0 aliphatic rings. The number of hydrogen-bond acceptors (Lipinski definition) is 1. The molecule has 0 saturated heterocycles. The fraction of sp³-hybridized carbons (Fsp3) is 0.0476. The summed E-state index contributed by atoms with van der Waals surface area (Å²) in [4.78, 5) is 0. The SMILES string of the molecule is C/C(=C\P(=O)(c1ccccc1)c1ccccc1)c1ccccc1. The first kappa shape index (κ1) is 15.5. The highest BCUT2D eigenvalue weighted by atomic mass is 31.2. The Kier molecular flexibility index (Phi) is 4.60. The van der Waals surface area contributed by atoms with Crippen molar-refractivity contribution in [1.29, 1.82) is 0 Å². The summed E-state index contributed by atoms with van der Waals surface area (Å²) >= 11 is 0. The molecule has 3 aromatic rings. The number of hydrogen-bond donors (Lipinski definition) is 0. The van der Waals surface area contributed by atoms with Crippen LogP contribution in [0.1, 0.15) is 12.5 Å². The molecule has 0 radical (unpaired) electrons. The second-order valence-electron chi connectivity index (χ2n) is 5.51. The van der Waals surface area contributed by atoms with Gasteiger partial charge in [0.25, 0.3) is 0 Å². The second-order valence-corrected chi connectivity index (χ2v) is 8.11. The third-order valence-electron chi connectivity index (χ3n) is 3.88. The quantitative estimate of drug-likeness (QED) is 0.614. The topological polar surface area (TPSA) is 17.1 Å². The van der Waals surface area contributed by atoms with E-state index in [1.165, 1.54) is 0 Å². The van der Waals surface area contributed by atoms with Gasteiger partial charge in [0.2, 0.25) is 0 Å². The van der Waals surface area contributed by atoms with Gasteiger partial charge in [0, 0.05) is 10.6 Å². The van der Waals surface area contributed by atoms with Gasteiger partial charge in [-0.3, -0.25) is 0 Å². The zero-order chi connectivity index (χ0) is 16.1. The van der Waals surface area contributed by atoms with Crippen LogP contribution in [0.4, 0.5) is 0 Å². The molecule has 23 heavy (non-hydrogen) atoms. The standard InChI is InChI=1S/C21H19OP/c1-18(19-11-5-2-6-12-19)17-23(22,20-13-7-3-8-14-20)21-15-9-4-10-16-21/h2-17H,1H3/b18-17+. The second kappa shape index (κ2) is 6.81. The van der Waals surface area contributed by atoms with Gasteiger partial charge in [-0.25, -0.2) is 0 Å². The van der Waals surface area contributed by atoms with E-state index < -0.39 is 7.14 Å². The van der Waals surface area contributed by atoms with E-state index in [1.807, 2.05) is 104 Å². The van der Waals surface area contributed by atoms with Crippen molar-refractivity contribution in [1.82, 2.24) is 0 Å². The molecule has 0 atom stereocenters.